The number of nitrogens with zero attached hydrogens (tertiary/aromatic N) is 1. The Morgan fingerprint density at radius 3 is 2.43 bits per heavy atom. The van der Waals surface area contributed by atoms with Crippen LogP contribution < -0.4 is 4.74 Å². The Labute approximate surface area is 205 Å². The highest BCUT2D eigenvalue weighted by Gasteiger charge is 2.39. The normalized spacial score (nSPS) is 16.5. The lowest BCUT2D eigenvalue weighted by molar-refractivity contribution is 0.0691. The quantitative estimate of drug-likeness (QED) is 0.401. The lowest BCUT2D eigenvalue weighted by atomic mass is 9.83. The van der Waals surface area contributed by atoms with Gasteiger partial charge in [0.25, 0.3) is 0 Å². The zero-order valence-electron chi connectivity index (χ0n) is 18.8. The monoisotopic (exact) mass is 495 g/mol. The Balaban J connectivity index is 1.80. The number of carbonyl (C=O) groups is 2. The van der Waals surface area contributed by atoms with E-state index in [1.54, 1.807) is 37.3 Å². The molecule has 5 nitrogen and oxygen atoms in total. The smallest absolute Gasteiger partial charge is 0.338 e. The van der Waals surface area contributed by atoms with E-state index in [9.17, 15) is 23.5 Å². The SMILES string of the molecule is COc1ccc(-c2cc(C(=O)O)c(F)cc2C)cc1CC1(C(=O)c2ccc(Cl)cc2F)C=CC=N1. The van der Waals surface area contributed by atoms with Crippen molar-refractivity contribution >= 4 is 29.6 Å². The van der Waals surface area contributed by atoms with Crippen LogP contribution in [0.15, 0.2) is 65.7 Å². The second-order valence-corrected chi connectivity index (χ2v) is 8.61. The molecule has 1 N–H and O–H groups in total. The number of allylic oxidation sites excluding steroid dienone is 1. The van der Waals surface area contributed by atoms with E-state index in [2.05, 4.69) is 4.99 Å². The van der Waals surface area contributed by atoms with Crippen LogP contribution in [0.5, 0.6) is 5.75 Å². The number of benzene rings is 3. The predicted molar refractivity (Wildman–Crippen MR) is 130 cm³/mol. The number of Topliss-reactive ketones (excluding diaryl/α,β-unsaturated/α-hetero) is 1. The Kier molecular flexibility index (Phi) is 6.54. The van der Waals surface area contributed by atoms with Crippen LogP contribution in [0, 0.1) is 18.6 Å². The van der Waals surface area contributed by atoms with Gasteiger partial charge in [0, 0.05) is 17.7 Å². The Hall–Kier alpha value is -3.84. The fourth-order valence-corrected chi connectivity index (χ4v) is 4.33. The molecule has 178 valence electrons. The van der Waals surface area contributed by atoms with E-state index in [4.69, 9.17) is 16.3 Å². The van der Waals surface area contributed by atoms with E-state index in [0.717, 1.165) is 6.07 Å². The third kappa shape index (κ3) is 4.59. The van der Waals surface area contributed by atoms with Gasteiger partial charge in [-0.25, -0.2) is 13.6 Å². The number of aryl methyl sites for hydroxylation is 1. The lowest BCUT2D eigenvalue weighted by Crippen LogP contribution is -2.36. The van der Waals surface area contributed by atoms with E-state index < -0.39 is 34.5 Å². The van der Waals surface area contributed by atoms with Gasteiger partial charge in [0.05, 0.1) is 18.2 Å². The van der Waals surface area contributed by atoms with Gasteiger partial charge >= 0.3 is 5.97 Å². The molecule has 3 aromatic rings. The highest BCUT2D eigenvalue weighted by Crippen LogP contribution is 2.36. The molecule has 0 bridgehead atoms. The molecule has 8 heteroatoms. The number of rotatable bonds is 7. The number of ether oxygens (including phenoxy) is 1. The van der Waals surface area contributed by atoms with Crippen molar-refractivity contribution < 1.29 is 28.2 Å². The number of halogens is 3. The number of aromatic carboxylic acids is 1. The van der Waals surface area contributed by atoms with Crippen LogP contribution >= 0.6 is 11.6 Å². The molecule has 0 saturated carbocycles. The number of carbonyl (C=O) groups excluding carboxylic acids is 1. The average Bonchev–Trinajstić information content (AvgIpc) is 3.28. The van der Waals surface area contributed by atoms with Crippen LogP contribution in [0.2, 0.25) is 5.02 Å². The van der Waals surface area contributed by atoms with Gasteiger partial charge in [-0.3, -0.25) is 9.79 Å². The number of hydrogen-bond acceptors (Lipinski definition) is 4. The maximum atomic E-state index is 14.6. The Morgan fingerprint density at radius 2 is 1.80 bits per heavy atom. The second kappa shape index (κ2) is 9.43. The summed E-state index contributed by atoms with van der Waals surface area (Å²) >= 11 is 5.84. The second-order valence-electron chi connectivity index (χ2n) is 8.17. The van der Waals surface area contributed by atoms with Gasteiger partial charge in [0.1, 0.15) is 22.9 Å². The standard InChI is InChI=1S/C27H20ClF2NO4/c1-15-10-22(29)21(26(33)34)13-20(15)16-4-7-24(35-2)17(11-16)14-27(8-3-9-31-27)25(32)19-6-5-18(28)12-23(19)30/h3-13H,14H2,1-2H3,(H,33,34). The van der Waals surface area contributed by atoms with Crippen LogP contribution in [-0.4, -0.2) is 35.7 Å². The molecule has 0 spiro atoms. The summed E-state index contributed by atoms with van der Waals surface area (Å²) in [5.74, 6) is -3.03. The molecule has 1 atom stereocenters. The minimum Gasteiger partial charge on any atom is -0.496 e. The average molecular weight is 496 g/mol. The van der Waals surface area contributed by atoms with Crippen LogP contribution in [0.25, 0.3) is 11.1 Å². The summed E-state index contributed by atoms with van der Waals surface area (Å²) in [6.07, 6.45) is 4.74. The van der Waals surface area contributed by atoms with E-state index in [0.29, 0.717) is 28.0 Å². The van der Waals surface area contributed by atoms with Gasteiger partial charge < -0.3 is 9.84 Å². The highest BCUT2D eigenvalue weighted by molar-refractivity contribution is 6.30. The van der Waals surface area contributed by atoms with E-state index in [1.165, 1.54) is 37.6 Å². The van der Waals surface area contributed by atoms with Crippen molar-refractivity contribution in [1.82, 2.24) is 0 Å². The van der Waals surface area contributed by atoms with Crippen molar-refractivity contribution in [3.8, 4) is 16.9 Å². The predicted octanol–water partition coefficient (Wildman–Crippen LogP) is 6.11. The largest absolute Gasteiger partial charge is 0.496 e. The molecule has 0 amide bonds. The number of ketones is 1. The van der Waals surface area contributed by atoms with Crippen molar-refractivity contribution in [1.29, 1.82) is 0 Å². The van der Waals surface area contributed by atoms with Gasteiger partial charge in [-0.2, -0.15) is 0 Å². The van der Waals surface area contributed by atoms with Gasteiger partial charge in [-0.15, -0.1) is 0 Å². The molecular formula is C27H20ClF2NO4. The number of carboxylic acids is 1. The third-order valence-electron chi connectivity index (χ3n) is 5.93. The van der Waals surface area contributed by atoms with Crippen LogP contribution in [0.1, 0.15) is 31.8 Å². The lowest BCUT2D eigenvalue weighted by Gasteiger charge is -2.25. The summed E-state index contributed by atoms with van der Waals surface area (Å²) < 4.78 is 34.2. The maximum absolute atomic E-state index is 14.6. The number of aliphatic imine (C=N–C) groups is 1. The van der Waals surface area contributed by atoms with Crippen molar-refractivity contribution in [2.75, 3.05) is 7.11 Å². The first-order chi connectivity index (χ1) is 16.6. The molecule has 0 fully saturated rings. The molecule has 35 heavy (non-hydrogen) atoms. The van der Waals surface area contributed by atoms with Crippen molar-refractivity contribution in [2.45, 2.75) is 18.9 Å². The first kappa shape index (κ1) is 24.3. The molecule has 0 aromatic heterocycles. The third-order valence-corrected chi connectivity index (χ3v) is 6.16. The molecule has 1 aliphatic heterocycles. The molecule has 4 rings (SSSR count). The zero-order chi connectivity index (χ0) is 25.3. The number of carboxylic acid groups (broad SMARTS) is 1. The van der Waals surface area contributed by atoms with Crippen LogP contribution in [-0.2, 0) is 6.42 Å². The first-order valence-corrected chi connectivity index (χ1v) is 11.0. The summed E-state index contributed by atoms with van der Waals surface area (Å²) in [7, 11) is 1.48. The van der Waals surface area contributed by atoms with Crippen molar-refractivity contribution in [2.24, 2.45) is 4.99 Å². The molecule has 3 aromatic carbocycles. The fourth-order valence-electron chi connectivity index (χ4n) is 4.17. The topological polar surface area (TPSA) is 76.0 Å². The number of hydrogen-bond donors (Lipinski definition) is 1. The Bertz CT molecular complexity index is 1400. The maximum Gasteiger partial charge on any atom is 0.338 e. The highest BCUT2D eigenvalue weighted by atomic mass is 35.5. The first-order valence-electron chi connectivity index (χ1n) is 10.6. The molecular weight excluding hydrogens is 476 g/mol. The van der Waals surface area contributed by atoms with E-state index in [-0.39, 0.29) is 17.0 Å². The molecule has 1 unspecified atom stereocenters. The number of methoxy groups -OCH3 is 1. The Morgan fingerprint density at radius 1 is 1.06 bits per heavy atom. The summed E-state index contributed by atoms with van der Waals surface area (Å²) in [5.41, 5.74) is 0.234. The van der Waals surface area contributed by atoms with E-state index >= 15 is 0 Å². The van der Waals surface area contributed by atoms with E-state index in [1.807, 2.05) is 0 Å². The fraction of sp³-hybridized carbons (Fsp3) is 0.148. The van der Waals surface area contributed by atoms with Crippen molar-refractivity contribution in [3.63, 3.8) is 0 Å². The van der Waals surface area contributed by atoms with Gasteiger partial charge in [-0.05, 0) is 83.8 Å². The minimum atomic E-state index is -1.41. The summed E-state index contributed by atoms with van der Waals surface area (Å²) in [5, 5.41) is 9.51. The molecule has 0 radical (unpaired) electrons. The van der Waals surface area contributed by atoms with Crippen LogP contribution in [0.3, 0.4) is 0 Å². The minimum absolute atomic E-state index is 0.0456. The molecule has 1 heterocycles. The zero-order valence-corrected chi connectivity index (χ0v) is 19.6. The molecule has 0 saturated heterocycles. The summed E-state index contributed by atoms with van der Waals surface area (Å²) in [6.45, 7) is 1.67. The van der Waals surface area contributed by atoms with Gasteiger partial charge in [0.2, 0.25) is 0 Å². The molecule has 1 aliphatic rings. The molecule has 0 aliphatic carbocycles. The summed E-state index contributed by atoms with van der Waals surface area (Å²) in [4.78, 5) is 29.3. The van der Waals surface area contributed by atoms with Gasteiger partial charge in [-0.1, -0.05) is 17.7 Å². The van der Waals surface area contributed by atoms with Crippen LogP contribution in [0.4, 0.5) is 8.78 Å². The summed E-state index contributed by atoms with van der Waals surface area (Å²) in [6, 6.07) is 11.4. The van der Waals surface area contributed by atoms with Crippen molar-refractivity contribution in [3.05, 3.63) is 99.6 Å². The van der Waals surface area contributed by atoms with Gasteiger partial charge in [0.15, 0.2) is 5.78 Å².